The van der Waals surface area contributed by atoms with Crippen LogP contribution in [0.4, 0.5) is 0 Å². The number of thiophene rings is 1. The van der Waals surface area contributed by atoms with Crippen LogP contribution in [0, 0.1) is 0 Å². The Bertz CT molecular complexity index is 850. The van der Waals surface area contributed by atoms with Gasteiger partial charge in [0.05, 0.1) is 6.26 Å². The summed E-state index contributed by atoms with van der Waals surface area (Å²) in [7, 11) is 0. The van der Waals surface area contributed by atoms with Crippen LogP contribution in [0.25, 0.3) is 21.1 Å². The van der Waals surface area contributed by atoms with Crippen LogP contribution in [0.2, 0.25) is 0 Å². The molecule has 2 heteroatoms. The first-order valence-electron chi connectivity index (χ1n) is 10.5. The summed E-state index contributed by atoms with van der Waals surface area (Å²) < 4.78 is 6.81. The zero-order valence-corrected chi connectivity index (χ0v) is 19.6. The quantitative estimate of drug-likeness (QED) is 0.328. The highest BCUT2D eigenvalue weighted by Crippen LogP contribution is 2.30. The maximum atomic E-state index is 5.41. The van der Waals surface area contributed by atoms with Crippen LogP contribution in [0.1, 0.15) is 78.4 Å². The van der Waals surface area contributed by atoms with Gasteiger partial charge in [-0.1, -0.05) is 91.8 Å². The van der Waals surface area contributed by atoms with E-state index in [0.717, 1.165) is 5.58 Å². The molecule has 2 aromatic carbocycles. The number of para-hydroxylation sites is 1. The highest BCUT2D eigenvalue weighted by atomic mass is 32.1. The maximum absolute atomic E-state index is 5.41. The van der Waals surface area contributed by atoms with Crippen molar-refractivity contribution in [3.8, 4) is 0 Å². The molecule has 0 amide bonds. The molecule has 0 atom stereocenters. The zero-order chi connectivity index (χ0) is 21.1. The molecule has 0 saturated carbocycles. The van der Waals surface area contributed by atoms with Gasteiger partial charge in [0.15, 0.2) is 0 Å². The fourth-order valence-corrected chi connectivity index (χ4v) is 4.01. The average Bonchev–Trinajstić information content (AvgIpc) is 3.36. The van der Waals surface area contributed by atoms with E-state index in [9.17, 15) is 0 Å². The first kappa shape index (κ1) is 24.0. The largest absolute Gasteiger partial charge is 0.464 e. The Morgan fingerprint density at radius 1 is 0.679 bits per heavy atom. The zero-order valence-electron chi connectivity index (χ0n) is 18.7. The summed E-state index contributed by atoms with van der Waals surface area (Å²) in [5.74, 6) is 1.18. The normalized spacial score (nSPS) is 10.1. The second kappa shape index (κ2) is 12.4. The van der Waals surface area contributed by atoms with E-state index in [1.807, 2.05) is 63.5 Å². The third-order valence-corrected chi connectivity index (χ3v) is 5.25. The lowest BCUT2D eigenvalue weighted by atomic mass is 10.0. The Labute approximate surface area is 175 Å². The van der Waals surface area contributed by atoms with E-state index in [4.69, 9.17) is 4.42 Å². The van der Waals surface area contributed by atoms with Crippen molar-refractivity contribution < 1.29 is 4.42 Å². The average molecular weight is 397 g/mol. The van der Waals surface area contributed by atoms with Crippen molar-refractivity contribution in [1.29, 1.82) is 0 Å². The van der Waals surface area contributed by atoms with Crippen LogP contribution in [-0.2, 0) is 0 Å². The Morgan fingerprint density at radius 2 is 1.21 bits per heavy atom. The molecule has 2 aromatic heterocycles. The number of rotatable bonds is 2. The first-order chi connectivity index (χ1) is 13.6. The van der Waals surface area contributed by atoms with Gasteiger partial charge < -0.3 is 4.42 Å². The molecule has 0 spiro atoms. The number of fused-ring (bicyclic) bond motifs is 2. The highest BCUT2D eigenvalue weighted by molar-refractivity contribution is 7.17. The minimum Gasteiger partial charge on any atom is -0.464 e. The minimum absolute atomic E-state index is 0.536. The maximum Gasteiger partial charge on any atom is 0.134 e. The standard InChI is InChI=1S/C11H12O.C11H12S.2C2H6/c2*1-8(2)10-7-12-11-6-4-3-5-9(10)11;2*1-2/h2*3-8H,1-2H3;2*1-2H3. The lowest BCUT2D eigenvalue weighted by Gasteiger charge is -2.01. The number of furan rings is 1. The van der Waals surface area contributed by atoms with Crippen LogP contribution in [0.5, 0.6) is 0 Å². The minimum atomic E-state index is 0.536. The van der Waals surface area contributed by atoms with E-state index in [1.165, 1.54) is 26.6 Å². The van der Waals surface area contributed by atoms with Crippen molar-refractivity contribution in [3.05, 3.63) is 71.3 Å². The van der Waals surface area contributed by atoms with Gasteiger partial charge in [0, 0.05) is 15.6 Å². The lowest BCUT2D eigenvalue weighted by Crippen LogP contribution is -1.82. The van der Waals surface area contributed by atoms with Gasteiger partial charge >= 0.3 is 0 Å². The Hall–Kier alpha value is -2.06. The monoisotopic (exact) mass is 396 g/mol. The summed E-state index contributed by atoms with van der Waals surface area (Å²) in [4.78, 5) is 0. The van der Waals surface area contributed by atoms with E-state index < -0.39 is 0 Å². The van der Waals surface area contributed by atoms with E-state index in [-0.39, 0.29) is 0 Å². The second-order valence-electron chi connectivity index (χ2n) is 6.68. The Kier molecular flexibility index (Phi) is 10.6. The smallest absolute Gasteiger partial charge is 0.134 e. The Morgan fingerprint density at radius 3 is 1.82 bits per heavy atom. The van der Waals surface area contributed by atoms with Gasteiger partial charge in [0.25, 0.3) is 0 Å². The topological polar surface area (TPSA) is 13.1 Å². The number of benzene rings is 2. The molecular formula is C26H36OS. The van der Waals surface area contributed by atoms with Crippen LogP contribution in [0.3, 0.4) is 0 Å². The van der Waals surface area contributed by atoms with Crippen molar-refractivity contribution in [2.45, 2.75) is 67.2 Å². The van der Waals surface area contributed by atoms with Gasteiger partial charge in [-0.05, 0) is 40.3 Å². The predicted octanol–water partition coefficient (Wildman–Crippen LogP) is 9.63. The molecule has 1 nitrogen and oxygen atoms in total. The molecule has 4 rings (SSSR count). The van der Waals surface area contributed by atoms with Crippen LogP contribution < -0.4 is 0 Å². The van der Waals surface area contributed by atoms with E-state index in [2.05, 4.69) is 63.4 Å². The van der Waals surface area contributed by atoms with Gasteiger partial charge in [0.2, 0.25) is 0 Å². The van der Waals surface area contributed by atoms with Gasteiger partial charge in [-0.25, -0.2) is 0 Å². The van der Waals surface area contributed by atoms with Gasteiger partial charge in [-0.15, -0.1) is 11.3 Å². The third kappa shape index (κ3) is 5.97. The molecule has 0 aliphatic heterocycles. The van der Waals surface area contributed by atoms with Crippen LogP contribution >= 0.6 is 11.3 Å². The third-order valence-electron chi connectivity index (χ3n) is 4.27. The van der Waals surface area contributed by atoms with Crippen molar-refractivity contribution in [2.75, 3.05) is 0 Å². The molecule has 4 aromatic rings. The summed E-state index contributed by atoms with van der Waals surface area (Å²) >= 11 is 1.84. The SMILES string of the molecule is CC.CC.CC(C)c1coc2ccccc12.CC(C)c1csc2ccccc12. The van der Waals surface area contributed by atoms with E-state index >= 15 is 0 Å². The summed E-state index contributed by atoms with van der Waals surface area (Å²) in [6.45, 7) is 16.8. The summed E-state index contributed by atoms with van der Waals surface area (Å²) in [6, 6.07) is 16.8. The van der Waals surface area contributed by atoms with Crippen LogP contribution in [0.15, 0.2) is 64.6 Å². The van der Waals surface area contributed by atoms with Crippen LogP contribution in [-0.4, -0.2) is 0 Å². The first-order valence-corrected chi connectivity index (χ1v) is 11.4. The number of hydrogen-bond acceptors (Lipinski definition) is 2. The predicted molar refractivity (Wildman–Crippen MR) is 129 cm³/mol. The molecule has 0 aliphatic rings. The fourth-order valence-electron chi connectivity index (χ4n) is 2.89. The van der Waals surface area contributed by atoms with Crippen molar-refractivity contribution in [2.24, 2.45) is 0 Å². The lowest BCUT2D eigenvalue weighted by molar-refractivity contribution is 0.606. The summed E-state index contributed by atoms with van der Waals surface area (Å²) in [5, 5.41) is 4.94. The molecule has 0 radical (unpaired) electrons. The molecule has 0 unspecified atom stereocenters. The summed E-state index contributed by atoms with van der Waals surface area (Å²) in [5.41, 5.74) is 3.77. The molecule has 0 aliphatic carbocycles. The molecule has 152 valence electrons. The molecule has 0 fully saturated rings. The van der Waals surface area contributed by atoms with E-state index in [0.29, 0.717) is 11.8 Å². The van der Waals surface area contributed by atoms with Gasteiger partial charge in [-0.2, -0.15) is 0 Å². The Balaban J connectivity index is 0.000000238. The summed E-state index contributed by atoms with van der Waals surface area (Å²) in [6.07, 6.45) is 1.86. The van der Waals surface area contributed by atoms with Crippen molar-refractivity contribution >= 4 is 32.4 Å². The molecule has 2 heterocycles. The van der Waals surface area contributed by atoms with Gasteiger partial charge in [0.1, 0.15) is 5.58 Å². The van der Waals surface area contributed by atoms with Crippen molar-refractivity contribution in [1.82, 2.24) is 0 Å². The fraction of sp³-hybridized carbons (Fsp3) is 0.385. The molecular weight excluding hydrogens is 360 g/mol. The highest BCUT2D eigenvalue weighted by Gasteiger charge is 2.07. The molecule has 28 heavy (non-hydrogen) atoms. The molecule has 0 N–H and O–H groups in total. The molecule has 0 bridgehead atoms. The number of hydrogen-bond donors (Lipinski definition) is 0. The van der Waals surface area contributed by atoms with E-state index in [1.54, 1.807) is 0 Å². The molecule has 0 saturated heterocycles. The van der Waals surface area contributed by atoms with Gasteiger partial charge in [-0.3, -0.25) is 0 Å². The van der Waals surface area contributed by atoms with Crippen molar-refractivity contribution in [3.63, 3.8) is 0 Å². The second-order valence-corrected chi connectivity index (χ2v) is 7.60.